The van der Waals surface area contributed by atoms with Gasteiger partial charge in [0.2, 0.25) is 12.7 Å². The molecule has 0 bridgehead atoms. The number of halogens is 3. The van der Waals surface area contributed by atoms with Crippen LogP contribution in [0, 0.1) is 0 Å². The lowest BCUT2D eigenvalue weighted by atomic mass is 9.77. The van der Waals surface area contributed by atoms with Crippen molar-refractivity contribution >= 4 is 11.8 Å². The lowest BCUT2D eigenvalue weighted by Crippen LogP contribution is -2.55. The van der Waals surface area contributed by atoms with E-state index in [1.807, 2.05) is 0 Å². The van der Waals surface area contributed by atoms with Crippen LogP contribution in [0.3, 0.4) is 0 Å². The second-order valence-electron chi connectivity index (χ2n) is 10.4. The Hall–Kier alpha value is -4.55. The van der Waals surface area contributed by atoms with Crippen molar-refractivity contribution in [3.8, 4) is 17.2 Å². The molecule has 3 aromatic carbocycles. The topological polar surface area (TPSA) is 118 Å². The minimum absolute atomic E-state index is 0.0192. The number of carbonyl (C=O) groups is 2. The highest BCUT2D eigenvalue weighted by Crippen LogP contribution is 2.47. The van der Waals surface area contributed by atoms with Crippen LogP contribution in [0.15, 0.2) is 78.4 Å². The zero-order chi connectivity index (χ0) is 30.3. The third-order valence-electron chi connectivity index (χ3n) is 7.75. The average Bonchev–Trinajstić information content (AvgIpc) is 3.63. The molecular weight excluding hydrogens is 569 g/mol. The summed E-state index contributed by atoms with van der Waals surface area (Å²) in [4.78, 5) is 28.7. The van der Waals surface area contributed by atoms with Crippen LogP contribution >= 0.6 is 0 Å². The van der Waals surface area contributed by atoms with Crippen LogP contribution in [-0.2, 0) is 17.5 Å². The van der Waals surface area contributed by atoms with Crippen LogP contribution in [-0.4, -0.2) is 65.1 Å². The average molecular weight is 597 g/mol. The number of aliphatic hydroxyl groups excluding tert-OH is 2. The van der Waals surface area contributed by atoms with Crippen molar-refractivity contribution in [1.29, 1.82) is 0 Å². The summed E-state index contributed by atoms with van der Waals surface area (Å²) in [6.07, 6.45) is -5.35. The maximum atomic E-state index is 14.0. The minimum atomic E-state index is -4.59. The lowest BCUT2D eigenvalue weighted by molar-refractivity contribution is -0.137. The van der Waals surface area contributed by atoms with E-state index < -0.39 is 47.7 Å². The molecule has 6 rings (SSSR count). The van der Waals surface area contributed by atoms with Crippen LogP contribution in [0.5, 0.6) is 17.2 Å². The molecule has 4 atom stereocenters. The first-order chi connectivity index (χ1) is 20.7. The van der Waals surface area contributed by atoms with Crippen molar-refractivity contribution in [2.45, 2.75) is 36.9 Å². The van der Waals surface area contributed by atoms with Crippen LogP contribution < -0.4 is 19.5 Å². The number of para-hydroxylation sites is 1. The molecule has 3 aromatic rings. The van der Waals surface area contributed by atoms with Gasteiger partial charge in [-0.25, -0.2) is 0 Å². The van der Waals surface area contributed by atoms with Crippen molar-refractivity contribution in [2.75, 3.05) is 19.9 Å². The van der Waals surface area contributed by atoms with Crippen molar-refractivity contribution < 1.29 is 47.2 Å². The number of nitrogens with one attached hydrogen (secondary N) is 1. The molecule has 9 nitrogen and oxygen atoms in total. The van der Waals surface area contributed by atoms with E-state index in [0.29, 0.717) is 28.4 Å². The number of alkyl halides is 3. The molecule has 0 aromatic heterocycles. The summed E-state index contributed by atoms with van der Waals surface area (Å²) in [5.74, 6) is -0.381. The van der Waals surface area contributed by atoms with Gasteiger partial charge in [-0.1, -0.05) is 24.3 Å². The molecule has 224 valence electrons. The normalized spacial score (nSPS) is 21.7. The van der Waals surface area contributed by atoms with E-state index in [1.165, 1.54) is 11.0 Å². The SMILES string of the molecule is O=C(NCCO)C1=CC(N(Cc2ccc3c(c2)OCO3)C(=O)c2ccc(C(F)(F)F)cc2)C(O)C2Oc3ccccc3C12. The molecule has 2 amide bonds. The highest BCUT2D eigenvalue weighted by molar-refractivity contribution is 5.97. The summed E-state index contributed by atoms with van der Waals surface area (Å²) in [5.41, 5.74) is 0.556. The van der Waals surface area contributed by atoms with Crippen molar-refractivity contribution in [3.05, 3.63) is 101 Å². The standard InChI is InChI=1S/C31H27F3N2O7/c32-31(33,34)19-8-6-18(7-9-19)30(40)36(15-17-5-10-24-25(13-17)42-16-41-24)22-14-21(29(39)35-11-12-37)26-20-3-1-2-4-23(20)43-28(26)27(22)38/h1-10,13-14,22,26-28,37-38H,11-12,15-16H2,(H,35,39). The van der Waals surface area contributed by atoms with Gasteiger partial charge in [0.05, 0.1) is 24.1 Å². The highest BCUT2D eigenvalue weighted by atomic mass is 19.4. The smallest absolute Gasteiger partial charge is 0.416 e. The fraction of sp³-hybridized carbons (Fsp3) is 0.290. The van der Waals surface area contributed by atoms with Crippen LogP contribution in [0.1, 0.15) is 33.0 Å². The zero-order valence-electron chi connectivity index (χ0n) is 22.6. The van der Waals surface area contributed by atoms with E-state index in [9.17, 15) is 33.0 Å². The number of hydrogen-bond acceptors (Lipinski definition) is 7. The van der Waals surface area contributed by atoms with Gasteiger partial charge in [0, 0.05) is 29.8 Å². The molecule has 0 saturated carbocycles. The number of carbonyl (C=O) groups excluding carboxylic acids is 2. The van der Waals surface area contributed by atoms with Crippen LogP contribution in [0.2, 0.25) is 0 Å². The maximum absolute atomic E-state index is 14.0. The van der Waals surface area contributed by atoms with Gasteiger partial charge in [0.15, 0.2) is 11.5 Å². The van der Waals surface area contributed by atoms with E-state index >= 15 is 0 Å². The number of amides is 2. The number of benzene rings is 3. The number of fused-ring (bicyclic) bond motifs is 4. The second kappa shape index (κ2) is 11.3. The Morgan fingerprint density at radius 3 is 2.47 bits per heavy atom. The van der Waals surface area contributed by atoms with Gasteiger partial charge in [0.25, 0.3) is 5.91 Å². The van der Waals surface area contributed by atoms with Gasteiger partial charge in [-0.15, -0.1) is 0 Å². The first kappa shape index (κ1) is 28.6. The molecule has 0 spiro atoms. The van der Waals surface area contributed by atoms with E-state index in [4.69, 9.17) is 14.2 Å². The van der Waals surface area contributed by atoms with Crippen molar-refractivity contribution in [3.63, 3.8) is 0 Å². The Labute approximate surface area is 244 Å². The summed E-state index contributed by atoms with van der Waals surface area (Å²) in [7, 11) is 0. The van der Waals surface area contributed by atoms with Crippen molar-refractivity contribution in [2.24, 2.45) is 0 Å². The van der Waals surface area contributed by atoms with E-state index in [-0.39, 0.29) is 37.6 Å². The third kappa shape index (κ3) is 5.39. The van der Waals surface area contributed by atoms with Gasteiger partial charge < -0.3 is 34.6 Å². The summed E-state index contributed by atoms with van der Waals surface area (Å²) in [6.45, 7) is -0.376. The van der Waals surface area contributed by atoms with Gasteiger partial charge >= 0.3 is 6.18 Å². The van der Waals surface area contributed by atoms with Gasteiger partial charge in [-0.2, -0.15) is 13.2 Å². The molecule has 0 saturated heterocycles. The largest absolute Gasteiger partial charge is 0.486 e. The molecule has 3 aliphatic rings. The van der Waals surface area contributed by atoms with Gasteiger partial charge in [-0.05, 0) is 54.1 Å². The Morgan fingerprint density at radius 1 is 0.977 bits per heavy atom. The molecule has 3 N–H and O–H groups in total. The Morgan fingerprint density at radius 2 is 1.72 bits per heavy atom. The summed E-state index contributed by atoms with van der Waals surface area (Å²) < 4.78 is 56.7. The maximum Gasteiger partial charge on any atom is 0.416 e. The second-order valence-corrected chi connectivity index (χ2v) is 10.4. The van der Waals surface area contributed by atoms with E-state index in [2.05, 4.69) is 5.32 Å². The fourth-order valence-corrected chi connectivity index (χ4v) is 5.71. The Kier molecular flexibility index (Phi) is 7.49. The molecule has 0 radical (unpaired) electrons. The predicted octanol–water partition coefficient (Wildman–Crippen LogP) is 3.40. The summed E-state index contributed by atoms with van der Waals surface area (Å²) in [5, 5.41) is 23.7. The molecule has 2 aliphatic heterocycles. The molecule has 1 aliphatic carbocycles. The van der Waals surface area contributed by atoms with Crippen LogP contribution in [0.25, 0.3) is 0 Å². The molecule has 2 heterocycles. The van der Waals surface area contributed by atoms with Gasteiger partial charge in [-0.3, -0.25) is 9.59 Å². The Balaban J connectivity index is 1.42. The van der Waals surface area contributed by atoms with Crippen LogP contribution in [0.4, 0.5) is 13.2 Å². The highest BCUT2D eigenvalue weighted by Gasteiger charge is 2.50. The van der Waals surface area contributed by atoms with E-state index in [0.717, 1.165) is 24.3 Å². The zero-order valence-corrected chi connectivity index (χ0v) is 22.6. The minimum Gasteiger partial charge on any atom is -0.486 e. The predicted molar refractivity (Wildman–Crippen MR) is 145 cm³/mol. The molecule has 4 unspecified atom stereocenters. The monoisotopic (exact) mass is 596 g/mol. The number of aliphatic hydroxyl groups is 2. The fourth-order valence-electron chi connectivity index (χ4n) is 5.71. The first-order valence-electron chi connectivity index (χ1n) is 13.6. The van der Waals surface area contributed by atoms with Gasteiger partial charge in [0.1, 0.15) is 18.0 Å². The van der Waals surface area contributed by atoms with Crippen molar-refractivity contribution in [1.82, 2.24) is 10.2 Å². The molecule has 43 heavy (non-hydrogen) atoms. The number of nitrogens with zero attached hydrogens (tertiary/aromatic N) is 1. The van der Waals surface area contributed by atoms with E-state index in [1.54, 1.807) is 42.5 Å². The number of rotatable bonds is 7. The number of hydrogen-bond donors (Lipinski definition) is 3. The molecular formula is C31H27F3N2O7. The molecule has 0 fully saturated rings. The Bertz CT molecular complexity index is 1570. The molecule has 12 heteroatoms. The number of ether oxygens (including phenoxy) is 3. The first-order valence-corrected chi connectivity index (χ1v) is 13.6. The summed E-state index contributed by atoms with van der Waals surface area (Å²) in [6, 6.07) is 14.8. The quantitative estimate of drug-likeness (QED) is 0.383. The summed E-state index contributed by atoms with van der Waals surface area (Å²) >= 11 is 0. The lowest BCUT2D eigenvalue weighted by Gasteiger charge is -2.40. The third-order valence-corrected chi connectivity index (χ3v) is 7.75.